The molecule has 7 nitrogen and oxygen atoms in total. The van der Waals surface area contributed by atoms with Crippen LogP contribution in [0, 0.1) is 0 Å². The van der Waals surface area contributed by atoms with Gasteiger partial charge in [0, 0.05) is 35.3 Å². The summed E-state index contributed by atoms with van der Waals surface area (Å²) in [4.78, 5) is 13.2. The second kappa shape index (κ2) is 7.55. The number of hydrazine groups is 1. The van der Waals surface area contributed by atoms with Gasteiger partial charge in [-0.05, 0) is 48.7 Å². The van der Waals surface area contributed by atoms with Crippen LogP contribution in [0.3, 0.4) is 0 Å². The maximum atomic E-state index is 11.9. The number of ether oxygens (including phenoxy) is 1. The molecule has 6 N–H and O–H groups in total. The quantitative estimate of drug-likeness (QED) is 0.427. The fourth-order valence-electron chi connectivity index (χ4n) is 4.60. The van der Waals surface area contributed by atoms with Crippen LogP contribution in [-0.2, 0) is 23.3 Å². The molecule has 1 aromatic carbocycles. The lowest BCUT2D eigenvalue weighted by molar-refractivity contribution is -0.0836. The minimum Gasteiger partial charge on any atom is -0.400 e. The monoisotopic (exact) mass is 445 g/mol. The van der Waals surface area contributed by atoms with Crippen molar-refractivity contribution in [3.63, 3.8) is 0 Å². The Morgan fingerprint density at radius 3 is 3.10 bits per heavy atom. The van der Waals surface area contributed by atoms with E-state index in [1.807, 2.05) is 12.1 Å². The average molecular weight is 446 g/mol. The first-order valence-electron chi connectivity index (χ1n) is 10.0. The van der Waals surface area contributed by atoms with Crippen LogP contribution in [0.15, 0.2) is 36.2 Å². The summed E-state index contributed by atoms with van der Waals surface area (Å²) >= 11 is 7.91. The third kappa shape index (κ3) is 3.38. The van der Waals surface area contributed by atoms with Crippen molar-refractivity contribution < 1.29 is 9.53 Å². The van der Waals surface area contributed by atoms with E-state index in [1.54, 1.807) is 23.6 Å². The number of fused-ring (bicyclic) bond motifs is 3. The van der Waals surface area contributed by atoms with Gasteiger partial charge in [0.1, 0.15) is 5.60 Å². The Bertz CT molecular complexity index is 1040. The third-order valence-corrected chi connectivity index (χ3v) is 7.65. The van der Waals surface area contributed by atoms with Gasteiger partial charge in [0.2, 0.25) is 0 Å². The Balaban J connectivity index is 1.37. The predicted molar refractivity (Wildman–Crippen MR) is 118 cm³/mol. The summed E-state index contributed by atoms with van der Waals surface area (Å²) in [5.41, 5.74) is 10.4. The molecule has 0 aliphatic carbocycles. The highest BCUT2D eigenvalue weighted by molar-refractivity contribution is 7.16. The number of carbonyl (C=O) groups excluding carboxylic acids is 1. The molecule has 0 saturated carbocycles. The number of anilines is 1. The molecule has 4 heterocycles. The number of nitrogens with zero attached hydrogens (tertiary/aromatic N) is 1. The molecular weight excluding hydrogens is 422 g/mol. The fourth-order valence-corrected chi connectivity index (χ4v) is 6.08. The number of rotatable bonds is 3. The van der Waals surface area contributed by atoms with Gasteiger partial charge in [0.05, 0.1) is 22.7 Å². The van der Waals surface area contributed by atoms with Gasteiger partial charge in [-0.2, -0.15) is 0 Å². The number of nitrogens with two attached hydrogens (primary N) is 2. The molecule has 1 saturated heterocycles. The van der Waals surface area contributed by atoms with Crippen molar-refractivity contribution in [2.24, 2.45) is 11.6 Å². The third-order valence-electron chi connectivity index (χ3n) is 6.16. The summed E-state index contributed by atoms with van der Waals surface area (Å²) in [6.45, 7) is 2.04. The lowest BCUT2D eigenvalue weighted by Gasteiger charge is -2.43. The van der Waals surface area contributed by atoms with Crippen molar-refractivity contribution >= 4 is 34.5 Å². The van der Waals surface area contributed by atoms with Crippen LogP contribution >= 0.6 is 22.9 Å². The molecule has 1 amide bonds. The van der Waals surface area contributed by atoms with E-state index in [9.17, 15) is 4.79 Å². The molecule has 0 radical (unpaired) electrons. The zero-order valence-corrected chi connectivity index (χ0v) is 18.0. The van der Waals surface area contributed by atoms with Crippen molar-refractivity contribution in [3.05, 3.63) is 62.1 Å². The average Bonchev–Trinajstić information content (AvgIpc) is 3.31. The number of thiophene rings is 1. The maximum absolute atomic E-state index is 11.9. The molecule has 1 unspecified atom stereocenters. The summed E-state index contributed by atoms with van der Waals surface area (Å²) in [6, 6.07) is 7.59. The van der Waals surface area contributed by atoms with E-state index in [-0.39, 0.29) is 17.6 Å². The smallest absolute Gasteiger partial charge is 0.251 e. The largest absolute Gasteiger partial charge is 0.400 e. The topological polar surface area (TPSA) is 106 Å². The molecule has 1 spiro atoms. The minimum absolute atomic E-state index is 0.0747. The Labute approximate surface area is 184 Å². The molecule has 3 aliphatic rings. The normalized spacial score (nSPS) is 25.7. The first-order valence-corrected chi connectivity index (χ1v) is 11.2. The van der Waals surface area contributed by atoms with Gasteiger partial charge >= 0.3 is 0 Å². The van der Waals surface area contributed by atoms with E-state index < -0.39 is 0 Å². The molecule has 2 aromatic rings. The Hall–Kier alpha value is -2.10. The summed E-state index contributed by atoms with van der Waals surface area (Å²) in [5.74, 6) is 6.19. The summed E-state index contributed by atoms with van der Waals surface area (Å²) in [6.07, 6.45) is 4.22. The number of amides is 1. The summed E-state index contributed by atoms with van der Waals surface area (Å²) in [7, 11) is 0. The SMILES string of the molecule is N/C(=C\N(N)c1ccc2c(c1)C(=O)NC2)[C@@H]1CC2(CCN1)OCCc1cc(Cl)sc12. The molecule has 2 atom stereocenters. The molecular formula is C21H24ClN5O2S. The highest BCUT2D eigenvalue weighted by Crippen LogP contribution is 2.47. The van der Waals surface area contributed by atoms with Crippen molar-refractivity contribution in [2.45, 2.75) is 37.5 Å². The van der Waals surface area contributed by atoms with Gasteiger partial charge in [-0.25, -0.2) is 5.84 Å². The number of carbonyl (C=O) groups is 1. The van der Waals surface area contributed by atoms with E-state index in [0.29, 0.717) is 30.1 Å². The van der Waals surface area contributed by atoms with Crippen molar-refractivity contribution in [3.8, 4) is 0 Å². The van der Waals surface area contributed by atoms with E-state index in [1.165, 1.54) is 15.4 Å². The van der Waals surface area contributed by atoms with E-state index >= 15 is 0 Å². The predicted octanol–water partition coefficient (Wildman–Crippen LogP) is 2.35. The van der Waals surface area contributed by atoms with E-state index in [2.05, 4.69) is 16.7 Å². The first kappa shape index (κ1) is 19.8. The van der Waals surface area contributed by atoms with Gasteiger partial charge in [-0.15, -0.1) is 11.3 Å². The maximum Gasteiger partial charge on any atom is 0.251 e. The van der Waals surface area contributed by atoms with Gasteiger partial charge in [0.25, 0.3) is 5.91 Å². The molecule has 5 rings (SSSR count). The Morgan fingerprint density at radius 1 is 1.37 bits per heavy atom. The molecule has 3 aliphatic heterocycles. The molecule has 1 aromatic heterocycles. The number of benzene rings is 1. The van der Waals surface area contributed by atoms with Crippen LogP contribution < -0.4 is 27.2 Å². The lowest BCUT2D eigenvalue weighted by Crippen LogP contribution is -2.51. The first-order chi connectivity index (χ1) is 14.4. The number of hydrogen-bond donors (Lipinski definition) is 4. The Morgan fingerprint density at radius 2 is 2.23 bits per heavy atom. The number of nitrogens with one attached hydrogen (secondary N) is 2. The van der Waals surface area contributed by atoms with Crippen LogP contribution in [0.1, 0.15) is 39.2 Å². The molecule has 158 valence electrons. The number of hydrogen-bond acceptors (Lipinski definition) is 7. The van der Waals surface area contributed by atoms with Gasteiger partial charge in [0.15, 0.2) is 0 Å². The summed E-state index contributed by atoms with van der Waals surface area (Å²) < 4.78 is 7.12. The zero-order chi connectivity index (χ0) is 20.9. The standard InChI is InChI=1S/C21H24ClN5O2S/c22-18-7-12-3-6-29-21(19(12)30-18)4-5-25-17(9-21)16(23)11-27(24)14-2-1-13-10-26-20(28)15(13)8-14/h1-2,7-8,11,17,25H,3-6,9-10,23-24H2,(H,26,28)/b16-11-/t17-,21?/m0/s1. The van der Waals surface area contributed by atoms with Crippen LogP contribution in [-0.4, -0.2) is 25.1 Å². The summed E-state index contributed by atoms with van der Waals surface area (Å²) in [5, 5.41) is 7.77. The van der Waals surface area contributed by atoms with Crippen LogP contribution in [0.2, 0.25) is 4.34 Å². The molecule has 9 heteroatoms. The number of halogens is 1. The highest BCUT2D eigenvalue weighted by Gasteiger charge is 2.44. The minimum atomic E-state index is -0.356. The fraction of sp³-hybridized carbons (Fsp3) is 0.381. The van der Waals surface area contributed by atoms with Crippen molar-refractivity contribution in [1.29, 1.82) is 0 Å². The van der Waals surface area contributed by atoms with Gasteiger partial charge in [-0.1, -0.05) is 17.7 Å². The van der Waals surface area contributed by atoms with E-state index in [0.717, 1.165) is 35.7 Å². The molecule has 30 heavy (non-hydrogen) atoms. The van der Waals surface area contributed by atoms with Gasteiger partial charge in [-0.3, -0.25) is 9.80 Å². The lowest BCUT2D eigenvalue weighted by atomic mass is 9.82. The van der Waals surface area contributed by atoms with Crippen LogP contribution in [0.5, 0.6) is 0 Å². The molecule has 0 bridgehead atoms. The zero-order valence-electron chi connectivity index (χ0n) is 16.4. The van der Waals surface area contributed by atoms with E-state index in [4.69, 9.17) is 27.9 Å². The highest BCUT2D eigenvalue weighted by atomic mass is 35.5. The second-order valence-corrected chi connectivity index (χ2v) is 9.70. The van der Waals surface area contributed by atoms with Crippen molar-refractivity contribution in [1.82, 2.24) is 10.6 Å². The molecule has 1 fully saturated rings. The number of piperidine rings is 1. The van der Waals surface area contributed by atoms with Crippen LogP contribution in [0.4, 0.5) is 5.69 Å². The second-order valence-electron chi connectivity index (χ2n) is 8.02. The van der Waals surface area contributed by atoms with Crippen LogP contribution in [0.25, 0.3) is 0 Å². The Kier molecular flexibility index (Phi) is 4.99. The van der Waals surface area contributed by atoms with Crippen molar-refractivity contribution in [2.75, 3.05) is 18.2 Å². The van der Waals surface area contributed by atoms with Gasteiger partial charge < -0.3 is 21.1 Å².